The maximum atomic E-state index is 11.8. The molecule has 0 saturated carbocycles. The van der Waals surface area contributed by atoms with E-state index in [0.29, 0.717) is 0 Å². The molecule has 18 heavy (non-hydrogen) atoms. The summed E-state index contributed by atoms with van der Waals surface area (Å²) in [5, 5.41) is 2.37. The summed E-state index contributed by atoms with van der Waals surface area (Å²) >= 11 is -0.364. The van der Waals surface area contributed by atoms with Gasteiger partial charge in [0.2, 0.25) is 5.91 Å². The number of carbonyl (C=O) groups excluding carboxylic acids is 1. The normalized spacial score (nSPS) is 13.1. The highest BCUT2D eigenvalue weighted by Gasteiger charge is 2.29. The molecule has 1 unspecified atom stereocenters. The fourth-order valence-electron chi connectivity index (χ4n) is 1.24. The Bertz CT molecular complexity index is 384. The van der Waals surface area contributed by atoms with Crippen molar-refractivity contribution in [3.8, 4) is 0 Å². The Hall–Kier alpha value is -1.21. The number of halogens is 3. The van der Waals surface area contributed by atoms with Crippen LogP contribution in [0.5, 0.6) is 0 Å². The number of nitrogens with one attached hydrogen (secondary N) is 1. The van der Waals surface area contributed by atoms with Gasteiger partial charge in [-0.15, -0.1) is 0 Å². The number of amides is 1. The van der Waals surface area contributed by atoms with Crippen molar-refractivity contribution in [1.29, 1.82) is 0 Å². The van der Waals surface area contributed by atoms with Crippen LogP contribution in [0.1, 0.15) is 11.6 Å². The van der Waals surface area contributed by atoms with E-state index in [1.807, 2.05) is 6.07 Å². The molecule has 1 rings (SSSR count). The fraction of sp³-hybridized carbons (Fsp3) is 0.364. The molecule has 1 aromatic rings. The summed E-state index contributed by atoms with van der Waals surface area (Å²) in [4.78, 5) is 11.1. The first-order valence-electron chi connectivity index (χ1n) is 5.16. The molecule has 0 radical (unpaired) electrons. The van der Waals surface area contributed by atoms with E-state index in [-0.39, 0.29) is 18.3 Å². The van der Waals surface area contributed by atoms with Gasteiger partial charge in [0, 0.05) is 12.6 Å². The van der Waals surface area contributed by atoms with Gasteiger partial charge >= 0.3 is 5.51 Å². The van der Waals surface area contributed by atoms with E-state index in [1.54, 1.807) is 24.3 Å². The third kappa shape index (κ3) is 5.92. The summed E-state index contributed by atoms with van der Waals surface area (Å²) in [6, 6.07) is 8.59. The highest BCUT2D eigenvalue weighted by Crippen LogP contribution is 2.29. The van der Waals surface area contributed by atoms with Gasteiger partial charge in [0.1, 0.15) is 0 Å². The topological polar surface area (TPSA) is 55.1 Å². The van der Waals surface area contributed by atoms with Crippen molar-refractivity contribution >= 4 is 17.7 Å². The SMILES string of the molecule is NC(CNC(=O)CSC(F)(F)F)c1ccccc1. The van der Waals surface area contributed by atoms with Crippen LogP contribution >= 0.6 is 11.8 Å². The predicted octanol–water partition coefficient (Wildman–Crippen LogP) is 2.06. The van der Waals surface area contributed by atoms with Crippen molar-refractivity contribution < 1.29 is 18.0 Å². The monoisotopic (exact) mass is 278 g/mol. The van der Waals surface area contributed by atoms with Crippen LogP contribution in [0.25, 0.3) is 0 Å². The Kier molecular flexibility index (Phi) is 5.49. The molecule has 1 amide bonds. The second-order valence-electron chi connectivity index (χ2n) is 3.56. The molecule has 100 valence electrons. The Morgan fingerprint density at radius 2 is 1.94 bits per heavy atom. The van der Waals surface area contributed by atoms with Gasteiger partial charge in [-0.2, -0.15) is 13.2 Å². The zero-order chi connectivity index (χ0) is 13.6. The van der Waals surface area contributed by atoms with Gasteiger partial charge < -0.3 is 11.1 Å². The van der Waals surface area contributed by atoms with Gasteiger partial charge in [-0.3, -0.25) is 4.79 Å². The first-order valence-corrected chi connectivity index (χ1v) is 6.15. The highest BCUT2D eigenvalue weighted by atomic mass is 32.2. The number of alkyl halides is 3. The summed E-state index contributed by atoms with van der Waals surface area (Å²) in [7, 11) is 0. The first-order chi connectivity index (χ1) is 8.38. The molecule has 0 aliphatic rings. The van der Waals surface area contributed by atoms with Crippen LogP contribution < -0.4 is 11.1 Å². The number of benzene rings is 1. The van der Waals surface area contributed by atoms with E-state index in [4.69, 9.17) is 5.73 Å². The predicted molar refractivity (Wildman–Crippen MR) is 64.9 cm³/mol. The van der Waals surface area contributed by atoms with Gasteiger partial charge in [-0.25, -0.2) is 0 Å². The maximum absolute atomic E-state index is 11.8. The van der Waals surface area contributed by atoms with Gasteiger partial charge in [-0.05, 0) is 17.3 Å². The van der Waals surface area contributed by atoms with Crippen LogP contribution in [0.3, 0.4) is 0 Å². The largest absolute Gasteiger partial charge is 0.442 e. The molecule has 7 heteroatoms. The van der Waals surface area contributed by atoms with Gasteiger partial charge in [0.15, 0.2) is 0 Å². The van der Waals surface area contributed by atoms with Crippen LogP contribution in [0.4, 0.5) is 13.2 Å². The summed E-state index contributed by atoms with van der Waals surface area (Å²) in [5.74, 6) is -1.32. The summed E-state index contributed by atoms with van der Waals surface area (Å²) in [6.45, 7) is 0.112. The molecule has 0 heterocycles. The molecule has 0 saturated heterocycles. The molecule has 0 aromatic heterocycles. The summed E-state index contributed by atoms with van der Waals surface area (Å²) in [5.41, 5.74) is 2.21. The van der Waals surface area contributed by atoms with Crippen molar-refractivity contribution in [2.45, 2.75) is 11.6 Å². The van der Waals surface area contributed by atoms with Crippen LogP contribution in [-0.2, 0) is 4.79 Å². The number of carbonyl (C=O) groups is 1. The van der Waals surface area contributed by atoms with Crippen molar-refractivity contribution in [3.63, 3.8) is 0 Å². The average Bonchev–Trinajstić information content (AvgIpc) is 2.33. The third-order valence-corrected chi connectivity index (χ3v) is 2.85. The van der Waals surface area contributed by atoms with Crippen LogP contribution in [0.15, 0.2) is 30.3 Å². The Morgan fingerprint density at radius 1 is 1.33 bits per heavy atom. The zero-order valence-corrected chi connectivity index (χ0v) is 10.2. The van der Waals surface area contributed by atoms with Crippen LogP contribution in [-0.4, -0.2) is 23.7 Å². The van der Waals surface area contributed by atoms with E-state index in [2.05, 4.69) is 5.32 Å². The quantitative estimate of drug-likeness (QED) is 0.866. The molecule has 3 nitrogen and oxygen atoms in total. The summed E-state index contributed by atoms with van der Waals surface area (Å²) < 4.78 is 35.5. The lowest BCUT2D eigenvalue weighted by Gasteiger charge is -2.13. The lowest BCUT2D eigenvalue weighted by molar-refractivity contribution is -0.118. The minimum atomic E-state index is -4.39. The lowest BCUT2D eigenvalue weighted by atomic mass is 10.1. The average molecular weight is 278 g/mol. The van der Waals surface area contributed by atoms with Gasteiger partial charge in [0.05, 0.1) is 5.75 Å². The van der Waals surface area contributed by atoms with Gasteiger partial charge in [-0.1, -0.05) is 30.3 Å². The standard InChI is InChI=1S/C11H13F3N2OS/c12-11(13,14)18-7-10(17)16-6-9(15)8-4-2-1-3-5-8/h1-5,9H,6-7,15H2,(H,16,17). The molecule has 0 spiro atoms. The molecule has 1 atom stereocenters. The van der Waals surface area contributed by atoms with Crippen molar-refractivity contribution in [1.82, 2.24) is 5.32 Å². The lowest BCUT2D eigenvalue weighted by Crippen LogP contribution is -2.33. The van der Waals surface area contributed by atoms with E-state index in [9.17, 15) is 18.0 Å². The second kappa shape index (κ2) is 6.65. The number of hydrogen-bond donors (Lipinski definition) is 2. The first kappa shape index (κ1) is 14.8. The third-order valence-electron chi connectivity index (χ3n) is 2.11. The Labute approximate surface area is 107 Å². The second-order valence-corrected chi connectivity index (χ2v) is 4.60. The molecular weight excluding hydrogens is 265 g/mol. The molecule has 0 bridgehead atoms. The zero-order valence-electron chi connectivity index (χ0n) is 9.41. The van der Waals surface area contributed by atoms with Gasteiger partial charge in [0.25, 0.3) is 0 Å². The minimum absolute atomic E-state index is 0.112. The van der Waals surface area contributed by atoms with Crippen molar-refractivity contribution in [3.05, 3.63) is 35.9 Å². The molecule has 1 aromatic carbocycles. The van der Waals surface area contributed by atoms with E-state index >= 15 is 0 Å². The number of hydrogen-bond acceptors (Lipinski definition) is 3. The number of thioether (sulfide) groups is 1. The molecule has 3 N–H and O–H groups in total. The smallest absolute Gasteiger partial charge is 0.353 e. The minimum Gasteiger partial charge on any atom is -0.353 e. The molecular formula is C11H13F3N2OS. The highest BCUT2D eigenvalue weighted by molar-refractivity contribution is 8.00. The fourth-order valence-corrected chi connectivity index (χ4v) is 1.64. The van der Waals surface area contributed by atoms with Crippen LogP contribution in [0.2, 0.25) is 0 Å². The number of rotatable bonds is 5. The van der Waals surface area contributed by atoms with Crippen LogP contribution in [0, 0.1) is 0 Å². The van der Waals surface area contributed by atoms with E-state index < -0.39 is 23.2 Å². The van der Waals surface area contributed by atoms with E-state index in [1.165, 1.54) is 0 Å². The summed E-state index contributed by atoms with van der Waals surface area (Å²) in [6.07, 6.45) is 0. The van der Waals surface area contributed by atoms with Crippen molar-refractivity contribution in [2.24, 2.45) is 5.73 Å². The molecule has 0 aliphatic heterocycles. The molecule has 0 aliphatic carbocycles. The number of nitrogens with two attached hydrogens (primary N) is 1. The Balaban J connectivity index is 2.31. The van der Waals surface area contributed by atoms with Crippen molar-refractivity contribution in [2.75, 3.05) is 12.3 Å². The maximum Gasteiger partial charge on any atom is 0.442 e. The molecule has 0 fully saturated rings. The van der Waals surface area contributed by atoms with E-state index in [0.717, 1.165) is 5.56 Å². The Morgan fingerprint density at radius 3 is 2.50 bits per heavy atom.